The first-order chi connectivity index (χ1) is 11.7. The molecule has 1 aromatic rings. The number of carbonyl (C=O) groups is 1. The monoisotopic (exact) mass is 464 g/mol. The average molecular weight is 464 g/mol. The van der Waals surface area contributed by atoms with Crippen molar-refractivity contribution >= 4 is 35.8 Å². The van der Waals surface area contributed by atoms with Crippen molar-refractivity contribution in [3.05, 3.63) is 35.6 Å². The summed E-state index contributed by atoms with van der Waals surface area (Å²) in [6.07, 6.45) is 2.67. The lowest BCUT2D eigenvalue weighted by Crippen LogP contribution is -2.44. The smallest absolute Gasteiger partial charge is 0.224 e. The molecule has 1 unspecified atom stereocenters. The lowest BCUT2D eigenvalue weighted by molar-refractivity contribution is -0.120. The van der Waals surface area contributed by atoms with Crippen molar-refractivity contribution in [3.8, 4) is 0 Å². The zero-order chi connectivity index (χ0) is 17.2. The molecule has 1 atom stereocenters. The number of carbonyl (C=O) groups excluding carboxylic acids is 1. The van der Waals surface area contributed by atoms with E-state index in [0.717, 1.165) is 31.6 Å². The summed E-state index contributed by atoms with van der Waals surface area (Å²) in [6, 6.07) is 5.94. The van der Waals surface area contributed by atoms with E-state index in [1.807, 2.05) is 0 Å². The molecule has 2 rings (SSSR count). The first-order valence-electron chi connectivity index (χ1n) is 8.24. The summed E-state index contributed by atoms with van der Waals surface area (Å²) in [4.78, 5) is 15.9. The van der Waals surface area contributed by atoms with Gasteiger partial charge in [-0.05, 0) is 30.5 Å². The van der Waals surface area contributed by atoms with Gasteiger partial charge in [0.1, 0.15) is 5.82 Å². The Morgan fingerprint density at radius 3 is 2.60 bits per heavy atom. The molecule has 25 heavy (non-hydrogen) atoms. The third-order valence-corrected chi connectivity index (χ3v) is 3.76. The van der Waals surface area contributed by atoms with E-state index >= 15 is 0 Å². The molecule has 8 heteroatoms. The highest BCUT2D eigenvalue weighted by Crippen LogP contribution is 2.10. The quantitative estimate of drug-likeness (QED) is 0.247. The molecule has 0 radical (unpaired) electrons. The largest absolute Gasteiger partial charge is 0.376 e. The number of aliphatic imine (C=N–C) groups is 1. The van der Waals surface area contributed by atoms with E-state index in [1.165, 1.54) is 12.1 Å². The van der Waals surface area contributed by atoms with E-state index in [-0.39, 0.29) is 48.2 Å². The van der Waals surface area contributed by atoms with Gasteiger partial charge in [-0.2, -0.15) is 0 Å². The molecule has 140 valence electrons. The molecule has 0 aromatic heterocycles. The number of ether oxygens (including phenoxy) is 1. The predicted molar refractivity (Wildman–Crippen MR) is 107 cm³/mol. The van der Waals surface area contributed by atoms with E-state index in [0.29, 0.717) is 19.0 Å². The Balaban J connectivity index is 0.00000312. The number of guanidine groups is 1. The second-order valence-corrected chi connectivity index (χ2v) is 5.67. The van der Waals surface area contributed by atoms with Crippen LogP contribution < -0.4 is 16.0 Å². The SMILES string of the molecule is CN=C(NCCNC(=O)Cc1ccc(F)cc1)NCC1CCCO1.I. The number of amides is 1. The summed E-state index contributed by atoms with van der Waals surface area (Å²) in [7, 11) is 1.71. The summed E-state index contributed by atoms with van der Waals surface area (Å²) in [5, 5.41) is 9.17. The van der Waals surface area contributed by atoms with E-state index in [9.17, 15) is 9.18 Å². The summed E-state index contributed by atoms with van der Waals surface area (Å²) < 4.78 is 18.4. The molecule has 1 aliphatic rings. The predicted octanol–water partition coefficient (Wildman–Crippen LogP) is 1.45. The molecule has 6 nitrogen and oxygen atoms in total. The van der Waals surface area contributed by atoms with Crippen LogP contribution in [0.25, 0.3) is 0 Å². The molecule has 1 aliphatic heterocycles. The number of hydrogen-bond acceptors (Lipinski definition) is 3. The average Bonchev–Trinajstić information content (AvgIpc) is 3.10. The standard InChI is InChI=1S/C17H25FN4O2.HI/c1-19-17(22-12-15-3-2-10-24-15)21-9-8-20-16(23)11-13-4-6-14(18)7-5-13;/h4-7,15H,2-3,8-12H2,1H3,(H,20,23)(H2,19,21,22);1H. The van der Waals surface area contributed by atoms with Crippen molar-refractivity contribution in [2.75, 3.05) is 33.3 Å². The number of benzene rings is 1. The second-order valence-electron chi connectivity index (χ2n) is 5.67. The second kappa shape index (κ2) is 12.0. The minimum atomic E-state index is -0.301. The van der Waals surface area contributed by atoms with Gasteiger partial charge in [0.15, 0.2) is 5.96 Å². The van der Waals surface area contributed by atoms with Gasteiger partial charge in [-0.15, -0.1) is 24.0 Å². The Morgan fingerprint density at radius 1 is 1.24 bits per heavy atom. The van der Waals surface area contributed by atoms with Crippen molar-refractivity contribution in [2.45, 2.75) is 25.4 Å². The molecule has 3 N–H and O–H groups in total. The summed E-state index contributed by atoms with van der Waals surface area (Å²) in [5.41, 5.74) is 0.788. The maximum atomic E-state index is 12.8. The van der Waals surface area contributed by atoms with Crippen LogP contribution in [0.15, 0.2) is 29.3 Å². The Bertz CT molecular complexity index is 548. The third kappa shape index (κ3) is 8.48. The van der Waals surface area contributed by atoms with Crippen LogP contribution in [-0.2, 0) is 16.0 Å². The number of nitrogens with one attached hydrogen (secondary N) is 3. The minimum Gasteiger partial charge on any atom is -0.376 e. The summed E-state index contributed by atoms with van der Waals surface area (Å²) in [5.74, 6) is 0.300. The zero-order valence-corrected chi connectivity index (χ0v) is 16.7. The Labute approximate surface area is 165 Å². The highest BCUT2D eigenvalue weighted by atomic mass is 127. The Hall–Kier alpha value is -1.42. The fourth-order valence-electron chi connectivity index (χ4n) is 2.47. The molecule has 1 heterocycles. The topological polar surface area (TPSA) is 74.8 Å². The maximum absolute atomic E-state index is 12.8. The first-order valence-corrected chi connectivity index (χ1v) is 8.24. The number of rotatable bonds is 7. The fourth-order valence-corrected chi connectivity index (χ4v) is 2.47. The van der Waals surface area contributed by atoms with Gasteiger partial charge in [-0.3, -0.25) is 9.79 Å². The van der Waals surface area contributed by atoms with Gasteiger partial charge < -0.3 is 20.7 Å². The van der Waals surface area contributed by atoms with Crippen LogP contribution in [0.1, 0.15) is 18.4 Å². The van der Waals surface area contributed by atoms with Gasteiger partial charge in [0, 0.05) is 33.3 Å². The molecule has 1 fully saturated rings. The Kier molecular flexibility index (Phi) is 10.4. The van der Waals surface area contributed by atoms with Crippen LogP contribution >= 0.6 is 24.0 Å². The molecule has 1 aromatic carbocycles. The maximum Gasteiger partial charge on any atom is 0.224 e. The van der Waals surface area contributed by atoms with Crippen LogP contribution in [0.2, 0.25) is 0 Å². The molecular formula is C17H26FIN4O2. The highest BCUT2D eigenvalue weighted by molar-refractivity contribution is 14.0. The van der Waals surface area contributed by atoms with Gasteiger partial charge in [0.05, 0.1) is 12.5 Å². The highest BCUT2D eigenvalue weighted by Gasteiger charge is 2.15. The zero-order valence-electron chi connectivity index (χ0n) is 14.4. The van der Waals surface area contributed by atoms with Crippen LogP contribution in [0.5, 0.6) is 0 Å². The molecule has 0 aliphatic carbocycles. The lowest BCUT2D eigenvalue weighted by atomic mass is 10.1. The van der Waals surface area contributed by atoms with Gasteiger partial charge in [-0.25, -0.2) is 4.39 Å². The molecule has 0 bridgehead atoms. The lowest BCUT2D eigenvalue weighted by Gasteiger charge is -2.15. The van der Waals surface area contributed by atoms with Crippen LogP contribution in [-0.4, -0.2) is 51.3 Å². The fraction of sp³-hybridized carbons (Fsp3) is 0.529. The van der Waals surface area contributed by atoms with Crippen LogP contribution in [0.3, 0.4) is 0 Å². The molecule has 0 spiro atoms. The summed E-state index contributed by atoms with van der Waals surface area (Å²) >= 11 is 0. The van der Waals surface area contributed by atoms with E-state index in [1.54, 1.807) is 19.2 Å². The van der Waals surface area contributed by atoms with Crippen molar-refractivity contribution in [3.63, 3.8) is 0 Å². The van der Waals surface area contributed by atoms with Crippen molar-refractivity contribution in [2.24, 2.45) is 4.99 Å². The number of halogens is 2. The third-order valence-electron chi connectivity index (χ3n) is 3.76. The Morgan fingerprint density at radius 2 is 1.96 bits per heavy atom. The van der Waals surface area contributed by atoms with Gasteiger partial charge in [-0.1, -0.05) is 12.1 Å². The first kappa shape index (κ1) is 21.6. The van der Waals surface area contributed by atoms with Crippen molar-refractivity contribution in [1.29, 1.82) is 0 Å². The number of nitrogens with zero attached hydrogens (tertiary/aromatic N) is 1. The normalized spacial score (nSPS) is 16.9. The minimum absolute atomic E-state index is 0. The van der Waals surface area contributed by atoms with Crippen LogP contribution in [0, 0.1) is 5.82 Å². The van der Waals surface area contributed by atoms with Gasteiger partial charge >= 0.3 is 0 Å². The van der Waals surface area contributed by atoms with Crippen LogP contribution in [0.4, 0.5) is 4.39 Å². The summed E-state index contributed by atoms with van der Waals surface area (Å²) in [6.45, 7) is 2.62. The molecule has 0 saturated carbocycles. The van der Waals surface area contributed by atoms with Crippen molar-refractivity contribution in [1.82, 2.24) is 16.0 Å². The molecule has 1 saturated heterocycles. The van der Waals surface area contributed by atoms with E-state index in [2.05, 4.69) is 20.9 Å². The molecular weight excluding hydrogens is 438 g/mol. The number of hydrogen-bond donors (Lipinski definition) is 3. The van der Waals surface area contributed by atoms with E-state index < -0.39 is 0 Å². The van der Waals surface area contributed by atoms with Crippen molar-refractivity contribution < 1.29 is 13.9 Å². The van der Waals surface area contributed by atoms with E-state index in [4.69, 9.17) is 4.74 Å². The van der Waals surface area contributed by atoms with Gasteiger partial charge in [0.2, 0.25) is 5.91 Å². The van der Waals surface area contributed by atoms with Gasteiger partial charge in [0.25, 0.3) is 0 Å². The molecule has 1 amide bonds.